The van der Waals surface area contributed by atoms with Crippen molar-refractivity contribution in [2.45, 2.75) is 141 Å². The molecule has 196 valence electrons. The third-order valence-corrected chi connectivity index (χ3v) is 8.76. The smallest absolute Gasteiger partial charge is 0.328 e. The molecule has 1 unspecified atom stereocenters. The Kier molecular flexibility index (Phi) is 15.9. The average molecular weight is 493 g/mol. The van der Waals surface area contributed by atoms with Crippen LogP contribution in [0.1, 0.15) is 136 Å². The fourth-order valence-electron chi connectivity index (χ4n) is 4.70. The molecule has 7 nitrogen and oxygen atoms in total. The highest BCUT2D eigenvalue weighted by molar-refractivity contribution is 7.88. The molecule has 8 heteroatoms. The number of carboxylic acids is 2. The summed E-state index contributed by atoms with van der Waals surface area (Å²) in [4.78, 5) is 24.5. The first kappa shape index (κ1) is 31.9. The molecule has 0 aliphatic heterocycles. The third kappa shape index (κ3) is 9.93. The fourth-order valence-corrected chi connectivity index (χ4v) is 5.71. The fraction of sp³-hybridized carbons (Fsp3) is 0.920. The zero-order chi connectivity index (χ0) is 25.4. The van der Waals surface area contributed by atoms with Gasteiger partial charge in [-0.2, -0.15) is 8.42 Å². The Morgan fingerprint density at radius 3 is 1.15 bits per heavy atom. The summed E-state index contributed by atoms with van der Waals surface area (Å²) in [7, 11) is -5.16. The van der Waals surface area contributed by atoms with Gasteiger partial charge in [0.15, 0.2) is 0 Å². The van der Waals surface area contributed by atoms with Crippen LogP contribution in [-0.4, -0.2) is 39.9 Å². The van der Waals surface area contributed by atoms with Crippen molar-refractivity contribution in [2.75, 3.05) is 0 Å². The molecule has 0 radical (unpaired) electrons. The topological polar surface area (TPSA) is 129 Å². The maximum absolute atomic E-state index is 12.5. The number of rotatable bonds is 22. The number of hydrogen-bond acceptors (Lipinski definition) is 4. The molecular weight excluding hydrogens is 444 g/mol. The Bertz CT molecular complexity index is 640. The van der Waals surface area contributed by atoms with E-state index in [1.807, 2.05) is 0 Å². The molecule has 33 heavy (non-hydrogen) atoms. The molecule has 0 spiro atoms. The lowest BCUT2D eigenvalue weighted by Crippen LogP contribution is -2.60. The molecule has 3 N–H and O–H groups in total. The second-order valence-electron chi connectivity index (χ2n) is 9.65. The molecule has 0 amide bonds. The largest absolute Gasteiger partial charge is 0.481 e. The minimum Gasteiger partial charge on any atom is -0.481 e. The SMILES string of the molecule is CCCCCCCCCCC(CCCCCCCCCC)(C(=O)O)C(C)(C(=O)O)S(=O)(=O)O. The van der Waals surface area contributed by atoms with Crippen molar-refractivity contribution in [1.29, 1.82) is 0 Å². The number of aliphatic carboxylic acids is 2. The average Bonchev–Trinajstić information content (AvgIpc) is 2.74. The molecule has 0 heterocycles. The molecule has 0 bridgehead atoms. The molecule has 0 aromatic heterocycles. The highest BCUT2D eigenvalue weighted by Gasteiger charge is 2.65. The van der Waals surface area contributed by atoms with E-state index in [-0.39, 0.29) is 12.8 Å². The highest BCUT2D eigenvalue weighted by atomic mass is 32.2. The maximum Gasteiger partial charge on any atom is 0.328 e. The van der Waals surface area contributed by atoms with Crippen molar-refractivity contribution in [1.82, 2.24) is 0 Å². The van der Waals surface area contributed by atoms with Crippen LogP contribution in [0.3, 0.4) is 0 Å². The lowest BCUT2D eigenvalue weighted by molar-refractivity contribution is -0.161. The lowest BCUT2D eigenvalue weighted by Gasteiger charge is -2.40. The summed E-state index contributed by atoms with van der Waals surface area (Å²) in [6, 6.07) is 0. The Morgan fingerprint density at radius 2 is 0.909 bits per heavy atom. The van der Waals surface area contributed by atoms with E-state index in [0.29, 0.717) is 25.7 Å². The van der Waals surface area contributed by atoms with Crippen LogP contribution >= 0.6 is 0 Å². The summed E-state index contributed by atoms with van der Waals surface area (Å²) in [5, 5.41) is 19.9. The second kappa shape index (κ2) is 16.5. The van der Waals surface area contributed by atoms with Crippen molar-refractivity contribution in [3.8, 4) is 0 Å². The minimum absolute atomic E-state index is 0.0869. The van der Waals surface area contributed by atoms with Gasteiger partial charge < -0.3 is 10.2 Å². The maximum atomic E-state index is 12.5. The molecule has 0 aromatic rings. The van der Waals surface area contributed by atoms with Crippen LogP contribution in [0.2, 0.25) is 0 Å². The quantitative estimate of drug-likeness (QED) is 0.111. The van der Waals surface area contributed by atoms with E-state index in [1.165, 1.54) is 12.8 Å². The molecular formula is C25H48O7S. The first-order chi connectivity index (χ1) is 15.5. The van der Waals surface area contributed by atoms with Crippen LogP contribution in [0.5, 0.6) is 0 Å². The van der Waals surface area contributed by atoms with Crippen LogP contribution in [0.15, 0.2) is 0 Å². The summed E-state index contributed by atoms with van der Waals surface area (Å²) >= 11 is 0. The number of carboxylic acid groups (broad SMARTS) is 2. The summed E-state index contributed by atoms with van der Waals surface area (Å²) < 4.78 is 31.5. The van der Waals surface area contributed by atoms with E-state index in [0.717, 1.165) is 71.1 Å². The molecule has 0 fully saturated rings. The van der Waals surface area contributed by atoms with Crippen LogP contribution in [-0.2, 0) is 19.7 Å². The second-order valence-corrected chi connectivity index (χ2v) is 11.4. The number of carbonyl (C=O) groups is 2. The van der Waals surface area contributed by atoms with E-state index < -0.39 is 32.2 Å². The van der Waals surface area contributed by atoms with Gasteiger partial charge in [-0.15, -0.1) is 0 Å². The van der Waals surface area contributed by atoms with Gasteiger partial charge in [0, 0.05) is 0 Å². The summed E-state index contributed by atoms with van der Waals surface area (Å²) in [5.41, 5.74) is -2.07. The zero-order valence-electron chi connectivity index (χ0n) is 21.1. The molecule has 0 saturated heterocycles. The summed E-state index contributed by atoms with van der Waals surface area (Å²) in [6.45, 7) is 5.15. The van der Waals surface area contributed by atoms with Gasteiger partial charge in [0.05, 0.1) is 0 Å². The predicted octanol–water partition coefficient (Wildman–Crippen LogP) is 6.85. The molecule has 0 aromatic carbocycles. The number of hydrogen-bond donors (Lipinski definition) is 3. The highest BCUT2D eigenvalue weighted by Crippen LogP contribution is 2.47. The normalized spacial score (nSPS) is 14.2. The molecule has 0 saturated carbocycles. The minimum atomic E-state index is -5.16. The Hall–Kier alpha value is -1.15. The number of unbranched alkanes of at least 4 members (excludes halogenated alkanes) is 14. The van der Waals surface area contributed by atoms with Gasteiger partial charge in [0.2, 0.25) is 4.75 Å². The summed E-state index contributed by atoms with van der Waals surface area (Å²) in [5.74, 6) is -3.28. The Morgan fingerprint density at radius 1 is 0.606 bits per heavy atom. The van der Waals surface area contributed by atoms with E-state index in [1.54, 1.807) is 0 Å². The van der Waals surface area contributed by atoms with E-state index in [9.17, 15) is 32.8 Å². The first-order valence-electron chi connectivity index (χ1n) is 12.9. The van der Waals surface area contributed by atoms with Crippen LogP contribution in [0.25, 0.3) is 0 Å². The summed E-state index contributed by atoms with van der Waals surface area (Å²) in [6.07, 6.45) is 15.1. The van der Waals surface area contributed by atoms with Gasteiger partial charge in [-0.1, -0.05) is 117 Å². The van der Waals surface area contributed by atoms with Gasteiger partial charge in [-0.25, -0.2) is 0 Å². The standard InChI is InChI=1S/C25H48O7S/c1-4-6-8-10-12-14-16-18-20-25(23(28)29,24(3,22(26)27)33(30,31)32)21-19-17-15-13-11-9-7-5-2/h4-21H2,1-3H3,(H,26,27)(H,28,29)(H,30,31,32). The monoisotopic (exact) mass is 492 g/mol. The molecule has 0 aliphatic rings. The zero-order valence-corrected chi connectivity index (χ0v) is 21.9. The van der Waals surface area contributed by atoms with E-state index >= 15 is 0 Å². The predicted molar refractivity (Wildman–Crippen MR) is 132 cm³/mol. The molecule has 0 rings (SSSR count). The molecule has 1 atom stereocenters. The van der Waals surface area contributed by atoms with Crippen LogP contribution in [0, 0.1) is 5.41 Å². The first-order valence-corrected chi connectivity index (χ1v) is 14.4. The van der Waals surface area contributed by atoms with Crippen LogP contribution in [0.4, 0.5) is 0 Å². The van der Waals surface area contributed by atoms with Gasteiger partial charge in [0.1, 0.15) is 5.41 Å². The van der Waals surface area contributed by atoms with Gasteiger partial charge in [-0.3, -0.25) is 14.1 Å². The van der Waals surface area contributed by atoms with Gasteiger partial charge in [-0.05, 0) is 19.8 Å². The van der Waals surface area contributed by atoms with Crippen molar-refractivity contribution in [2.24, 2.45) is 5.41 Å². The third-order valence-electron chi connectivity index (χ3n) is 7.16. The van der Waals surface area contributed by atoms with Crippen molar-refractivity contribution >= 4 is 22.1 Å². The van der Waals surface area contributed by atoms with Crippen LogP contribution < -0.4 is 0 Å². The Balaban J connectivity index is 5.29. The van der Waals surface area contributed by atoms with E-state index in [2.05, 4.69) is 13.8 Å². The van der Waals surface area contributed by atoms with Crippen molar-refractivity contribution < 1.29 is 32.8 Å². The Labute approximate surface area is 201 Å². The van der Waals surface area contributed by atoms with E-state index in [4.69, 9.17) is 0 Å². The lowest BCUT2D eigenvalue weighted by atomic mass is 9.68. The van der Waals surface area contributed by atoms with Crippen molar-refractivity contribution in [3.63, 3.8) is 0 Å². The van der Waals surface area contributed by atoms with Gasteiger partial charge in [0.25, 0.3) is 10.1 Å². The van der Waals surface area contributed by atoms with Gasteiger partial charge >= 0.3 is 11.9 Å². The van der Waals surface area contributed by atoms with Crippen molar-refractivity contribution in [3.05, 3.63) is 0 Å². The molecule has 0 aliphatic carbocycles.